The van der Waals surface area contributed by atoms with Gasteiger partial charge in [-0.1, -0.05) is 23.4 Å². The number of halogens is 6. The van der Waals surface area contributed by atoms with Crippen LogP contribution in [0, 0.1) is 6.92 Å². The minimum atomic E-state index is -4.98. The minimum Gasteiger partial charge on any atom is -0.406 e. The summed E-state index contributed by atoms with van der Waals surface area (Å²) < 4.78 is 85.6. The van der Waals surface area contributed by atoms with Crippen molar-refractivity contribution in [2.24, 2.45) is 0 Å². The van der Waals surface area contributed by atoms with Gasteiger partial charge in [0.05, 0.1) is 6.54 Å². The lowest BCUT2D eigenvalue weighted by molar-refractivity contribution is -0.274. The van der Waals surface area contributed by atoms with Crippen molar-refractivity contribution in [1.29, 1.82) is 0 Å². The van der Waals surface area contributed by atoms with E-state index >= 15 is 0 Å². The van der Waals surface area contributed by atoms with E-state index in [1.807, 2.05) is 0 Å². The van der Waals surface area contributed by atoms with Crippen molar-refractivity contribution in [3.63, 3.8) is 0 Å². The van der Waals surface area contributed by atoms with E-state index in [1.165, 1.54) is 22.9 Å². The van der Waals surface area contributed by atoms with Crippen molar-refractivity contribution in [2.75, 3.05) is 0 Å². The van der Waals surface area contributed by atoms with Crippen molar-refractivity contribution >= 4 is 5.78 Å². The molecule has 0 aliphatic carbocycles. The number of aromatic nitrogens is 4. The standard InChI is InChI=1S/C22H14F6N4O3/c1-12-9-17(30-32(12)11-13-3-2-4-15(10-13)18(33)21(23,24)25)20-29-19(31-35-20)14-5-7-16(8-6-14)34-22(26,27)28/h2-10H,11H2,1H3. The van der Waals surface area contributed by atoms with Gasteiger partial charge in [-0.2, -0.15) is 23.3 Å². The highest BCUT2D eigenvalue weighted by atomic mass is 19.4. The quantitative estimate of drug-likeness (QED) is 0.255. The molecule has 0 saturated heterocycles. The molecule has 4 rings (SSSR count). The normalized spacial score (nSPS) is 12.1. The lowest BCUT2D eigenvalue weighted by Gasteiger charge is -2.08. The number of ketones is 1. The van der Waals surface area contributed by atoms with E-state index in [2.05, 4.69) is 20.0 Å². The molecule has 0 aliphatic rings. The topological polar surface area (TPSA) is 83.0 Å². The molecule has 0 atom stereocenters. The van der Waals surface area contributed by atoms with Gasteiger partial charge in [0.25, 0.3) is 11.7 Å². The molecule has 0 spiro atoms. The second-order valence-electron chi connectivity index (χ2n) is 7.35. The number of alkyl halides is 6. The molecule has 0 saturated carbocycles. The third-order valence-corrected chi connectivity index (χ3v) is 4.75. The largest absolute Gasteiger partial charge is 0.573 e. The fourth-order valence-electron chi connectivity index (χ4n) is 3.17. The minimum absolute atomic E-state index is 0.0264. The fourth-order valence-corrected chi connectivity index (χ4v) is 3.17. The summed E-state index contributed by atoms with van der Waals surface area (Å²) in [6, 6.07) is 11.6. The number of rotatable bonds is 6. The van der Waals surface area contributed by atoms with Gasteiger partial charge in [0.1, 0.15) is 5.75 Å². The number of hydrogen-bond donors (Lipinski definition) is 0. The Bertz CT molecular complexity index is 1360. The maximum absolute atomic E-state index is 12.7. The Labute approximate surface area is 192 Å². The maximum atomic E-state index is 12.7. The van der Waals surface area contributed by atoms with Gasteiger partial charge in [-0.05, 0) is 48.9 Å². The van der Waals surface area contributed by atoms with E-state index in [4.69, 9.17) is 4.52 Å². The van der Waals surface area contributed by atoms with Crippen LogP contribution < -0.4 is 4.74 Å². The summed E-state index contributed by atoms with van der Waals surface area (Å²) >= 11 is 0. The molecule has 2 aromatic carbocycles. The average molecular weight is 496 g/mol. The molecule has 0 aliphatic heterocycles. The van der Waals surface area contributed by atoms with Crippen LogP contribution in [0.25, 0.3) is 23.0 Å². The molecule has 7 nitrogen and oxygen atoms in total. The van der Waals surface area contributed by atoms with Crippen LogP contribution in [0.5, 0.6) is 5.75 Å². The summed E-state index contributed by atoms with van der Waals surface area (Å²) in [5.41, 5.74) is 1.22. The van der Waals surface area contributed by atoms with Gasteiger partial charge in [0.2, 0.25) is 5.82 Å². The van der Waals surface area contributed by atoms with E-state index in [9.17, 15) is 31.1 Å². The lowest BCUT2D eigenvalue weighted by Crippen LogP contribution is -2.22. The van der Waals surface area contributed by atoms with Crippen molar-refractivity contribution in [2.45, 2.75) is 26.0 Å². The predicted octanol–water partition coefficient (Wildman–Crippen LogP) is 5.60. The Hall–Kier alpha value is -4.16. The molecule has 0 fully saturated rings. The second kappa shape index (κ2) is 8.89. The van der Waals surface area contributed by atoms with Crippen molar-refractivity contribution in [3.8, 4) is 28.7 Å². The highest BCUT2D eigenvalue weighted by Gasteiger charge is 2.39. The summed E-state index contributed by atoms with van der Waals surface area (Å²) in [5, 5.41) is 8.13. The van der Waals surface area contributed by atoms with Crippen LogP contribution in [-0.4, -0.2) is 38.2 Å². The Balaban J connectivity index is 1.52. The van der Waals surface area contributed by atoms with Gasteiger partial charge in [-0.25, -0.2) is 0 Å². The molecule has 0 radical (unpaired) electrons. The first-order valence-corrected chi connectivity index (χ1v) is 9.84. The van der Waals surface area contributed by atoms with Gasteiger partial charge in [0.15, 0.2) is 5.69 Å². The molecule has 0 amide bonds. The zero-order valence-corrected chi connectivity index (χ0v) is 17.7. The van der Waals surface area contributed by atoms with Crippen molar-refractivity contribution < 1.29 is 40.4 Å². The highest BCUT2D eigenvalue weighted by Crippen LogP contribution is 2.27. The Kier molecular flexibility index (Phi) is 6.09. The summed E-state index contributed by atoms with van der Waals surface area (Å²) in [5.74, 6) is -2.21. The van der Waals surface area contributed by atoms with E-state index in [0.717, 1.165) is 24.3 Å². The van der Waals surface area contributed by atoms with Gasteiger partial charge in [-0.3, -0.25) is 9.48 Å². The van der Waals surface area contributed by atoms with Gasteiger partial charge >= 0.3 is 12.5 Å². The number of hydrogen-bond acceptors (Lipinski definition) is 6. The first-order valence-electron chi connectivity index (χ1n) is 9.84. The summed E-state index contributed by atoms with van der Waals surface area (Å²) in [4.78, 5) is 15.7. The van der Waals surface area contributed by atoms with Crippen LogP contribution >= 0.6 is 0 Å². The molecule has 182 valence electrons. The van der Waals surface area contributed by atoms with E-state index in [1.54, 1.807) is 19.1 Å². The third kappa shape index (κ3) is 5.67. The predicted molar refractivity (Wildman–Crippen MR) is 108 cm³/mol. The molecule has 0 bridgehead atoms. The average Bonchev–Trinajstić information content (AvgIpc) is 3.40. The van der Waals surface area contributed by atoms with Gasteiger partial charge < -0.3 is 9.26 Å². The molecule has 4 aromatic rings. The summed E-state index contributed by atoms with van der Waals surface area (Å²) in [6.07, 6.45) is -9.79. The van der Waals surface area contributed by atoms with Crippen LogP contribution in [0.2, 0.25) is 0 Å². The highest BCUT2D eigenvalue weighted by molar-refractivity contribution is 6.00. The molecule has 0 unspecified atom stereocenters. The first kappa shape index (κ1) is 24.0. The van der Waals surface area contributed by atoms with Crippen LogP contribution in [-0.2, 0) is 6.54 Å². The molecule has 13 heteroatoms. The van der Waals surface area contributed by atoms with Crippen LogP contribution in [0.4, 0.5) is 26.3 Å². The monoisotopic (exact) mass is 496 g/mol. The number of ether oxygens (including phenoxy) is 1. The molecule has 2 aromatic heterocycles. The number of Topliss-reactive ketones (excluding diaryl/α,β-unsaturated/α-hetero) is 1. The molecule has 0 N–H and O–H groups in total. The van der Waals surface area contributed by atoms with Crippen LogP contribution in [0.1, 0.15) is 21.6 Å². The number of benzene rings is 2. The van der Waals surface area contributed by atoms with Gasteiger partial charge in [0, 0.05) is 16.8 Å². The smallest absolute Gasteiger partial charge is 0.406 e. The number of carbonyl (C=O) groups excluding carboxylic acids is 1. The summed E-state index contributed by atoms with van der Waals surface area (Å²) in [6.45, 7) is 1.78. The van der Waals surface area contributed by atoms with E-state index in [0.29, 0.717) is 16.8 Å². The number of aryl methyl sites for hydroxylation is 1. The maximum Gasteiger partial charge on any atom is 0.573 e. The first-order chi connectivity index (χ1) is 16.4. The molecular formula is C22H14F6N4O3. The van der Waals surface area contributed by atoms with Crippen LogP contribution in [0.3, 0.4) is 0 Å². The molecule has 2 heterocycles. The Morgan fingerprint density at radius 2 is 1.74 bits per heavy atom. The number of nitrogens with zero attached hydrogens (tertiary/aromatic N) is 4. The zero-order valence-electron chi connectivity index (χ0n) is 17.7. The number of carbonyl (C=O) groups is 1. The van der Waals surface area contributed by atoms with Gasteiger partial charge in [-0.15, -0.1) is 13.2 Å². The molecule has 35 heavy (non-hydrogen) atoms. The lowest BCUT2D eigenvalue weighted by atomic mass is 10.1. The fraction of sp³-hybridized carbons (Fsp3) is 0.182. The second-order valence-corrected chi connectivity index (χ2v) is 7.35. The van der Waals surface area contributed by atoms with Crippen molar-refractivity contribution in [3.05, 3.63) is 71.4 Å². The van der Waals surface area contributed by atoms with Crippen LogP contribution in [0.15, 0.2) is 59.1 Å². The SMILES string of the molecule is Cc1cc(-c2nc(-c3ccc(OC(F)(F)F)cc3)no2)nn1Cc1cccc(C(=O)C(F)(F)F)c1. The molecular weight excluding hydrogens is 482 g/mol. The van der Waals surface area contributed by atoms with E-state index < -0.39 is 29.6 Å². The Morgan fingerprint density at radius 3 is 2.40 bits per heavy atom. The third-order valence-electron chi connectivity index (χ3n) is 4.75. The Morgan fingerprint density at radius 1 is 1.03 bits per heavy atom. The summed E-state index contributed by atoms with van der Waals surface area (Å²) in [7, 11) is 0. The van der Waals surface area contributed by atoms with Crippen molar-refractivity contribution in [1.82, 2.24) is 19.9 Å². The zero-order chi connectivity index (χ0) is 25.4. The van der Waals surface area contributed by atoms with E-state index in [-0.39, 0.29) is 24.0 Å².